The molecule has 40 heavy (non-hydrogen) atoms. The van der Waals surface area contributed by atoms with Gasteiger partial charge in [0, 0.05) is 21.7 Å². The molecule has 0 unspecified atom stereocenters. The van der Waals surface area contributed by atoms with E-state index in [-0.39, 0.29) is 0 Å². The predicted octanol–water partition coefficient (Wildman–Crippen LogP) is 11.0. The van der Waals surface area contributed by atoms with Gasteiger partial charge in [-0.2, -0.15) is 0 Å². The van der Waals surface area contributed by atoms with E-state index in [1.54, 1.807) is 18.1 Å². The Hall–Kier alpha value is -1.67. The van der Waals surface area contributed by atoms with Crippen LogP contribution in [0.4, 0.5) is 0 Å². The number of benzene rings is 1. The maximum Gasteiger partial charge on any atom is 0.159 e. The molecule has 0 saturated carbocycles. The first kappa shape index (κ1) is 34.5. The Balaban J connectivity index is 1.53. The molecule has 2 rings (SSSR count). The van der Waals surface area contributed by atoms with Crippen molar-refractivity contribution < 1.29 is 9.47 Å². The van der Waals surface area contributed by atoms with Gasteiger partial charge in [-0.3, -0.25) is 0 Å². The van der Waals surface area contributed by atoms with Crippen LogP contribution >= 0.6 is 0 Å². The third-order valence-electron chi connectivity index (χ3n) is 7.53. The highest BCUT2D eigenvalue weighted by atomic mass is 28.4. The summed E-state index contributed by atoms with van der Waals surface area (Å²) >= 11 is 0. The normalized spacial score (nSPS) is 12.1. The van der Waals surface area contributed by atoms with E-state index in [9.17, 15) is 0 Å². The Kier molecular flexibility index (Phi) is 16.8. The lowest BCUT2D eigenvalue weighted by atomic mass is 10.1. The topological polar surface area (TPSA) is 44.2 Å². The van der Waals surface area contributed by atoms with Crippen LogP contribution in [0.15, 0.2) is 36.7 Å². The van der Waals surface area contributed by atoms with E-state index in [0.29, 0.717) is 0 Å². The molecular formula is C34H60N2O2Si2. The standard InChI is InChI=1S/C34H60N2O2Si2/c1-7-8-9-10-11-12-15-18-25-37-32-23-21-31(22-24-32)34-35-28-33(29-36-34)38-26-19-16-13-14-17-20-27-40(5,6)30-39(2,3)4/h21-24,28-29H,7-20,25-27,30H2,1-6H3. The largest absolute Gasteiger partial charge is 0.494 e. The number of unbranched alkanes of at least 4 members (excludes halogenated alkanes) is 12. The first-order chi connectivity index (χ1) is 19.2. The number of nitrogens with zero attached hydrogens (tertiary/aromatic N) is 2. The van der Waals surface area contributed by atoms with E-state index in [0.717, 1.165) is 48.9 Å². The maximum absolute atomic E-state index is 5.92. The quantitative estimate of drug-likeness (QED) is 0.0962. The molecule has 1 aromatic carbocycles. The van der Waals surface area contributed by atoms with Gasteiger partial charge in [-0.15, -0.1) is 0 Å². The monoisotopic (exact) mass is 584 g/mol. The molecule has 0 fully saturated rings. The molecule has 0 radical (unpaired) electrons. The molecule has 4 nitrogen and oxygen atoms in total. The molecular weight excluding hydrogens is 525 g/mol. The molecule has 0 amide bonds. The van der Waals surface area contributed by atoms with Gasteiger partial charge < -0.3 is 9.47 Å². The van der Waals surface area contributed by atoms with Crippen LogP contribution < -0.4 is 9.47 Å². The van der Waals surface area contributed by atoms with Crippen molar-refractivity contribution in [3.63, 3.8) is 0 Å². The number of ether oxygens (including phenoxy) is 2. The van der Waals surface area contributed by atoms with E-state index in [1.807, 2.05) is 24.3 Å². The Bertz CT molecular complexity index is 896. The fraction of sp³-hybridized carbons (Fsp3) is 0.706. The van der Waals surface area contributed by atoms with Gasteiger partial charge in [0.05, 0.1) is 25.6 Å². The minimum atomic E-state index is -0.975. The molecule has 0 aliphatic carbocycles. The molecule has 0 spiro atoms. The highest BCUT2D eigenvalue weighted by molar-refractivity contribution is 6.94. The summed E-state index contributed by atoms with van der Waals surface area (Å²) in [5.74, 6) is 2.39. The maximum atomic E-state index is 5.92. The second-order valence-corrected chi connectivity index (χ2v) is 25.1. The molecule has 2 aromatic rings. The molecule has 1 aromatic heterocycles. The van der Waals surface area contributed by atoms with Crippen molar-refractivity contribution >= 4 is 16.1 Å². The third-order valence-corrected chi connectivity index (χ3v) is 17.3. The zero-order chi connectivity index (χ0) is 29.1. The minimum absolute atomic E-state index is 0.720. The minimum Gasteiger partial charge on any atom is -0.494 e. The Morgan fingerprint density at radius 1 is 0.575 bits per heavy atom. The Morgan fingerprint density at radius 2 is 1.05 bits per heavy atom. The van der Waals surface area contributed by atoms with E-state index < -0.39 is 16.1 Å². The number of hydrogen-bond donors (Lipinski definition) is 0. The second-order valence-electron chi connectivity index (χ2n) is 13.7. The summed E-state index contributed by atoms with van der Waals surface area (Å²) in [5.41, 5.74) is 2.57. The predicted molar refractivity (Wildman–Crippen MR) is 179 cm³/mol. The summed E-state index contributed by atoms with van der Waals surface area (Å²) in [4.78, 5) is 9.04. The number of hydrogen-bond acceptors (Lipinski definition) is 4. The van der Waals surface area contributed by atoms with E-state index in [2.05, 4.69) is 49.6 Å². The lowest BCUT2D eigenvalue weighted by Crippen LogP contribution is -2.37. The number of rotatable bonds is 23. The summed E-state index contributed by atoms with van der Waals surface area (Å²) in [6, 6.07) is 9.62. The van der Waals surface area contributed by atoms with Gasteiger partial charge in [-0.1, -0.05) is 128 Å². The molecule has 226 valence electrons. The Morgan fingerprint density at radius 3 is 1.57 bits per heavy atom. The van der Waals surface area contributed by atoms with Crippen molar-refractivity contribution in [2.75, 3.05) is 13.2 Å². The summed E-state index contributed by atoms with van der Waals surface area (Å²) in [5, 5.41) is 0. The first-order valence-electron chi connectivity index (χ1n) is 16.4. The van der Waals surface area contributed by atoms with Gasteiger partial charge in [0.1, 0.15) is 5.75 Å². The average Bonchev–Trinajstić information content (AvgIpc) is 2.90. The van der Waals surface area contributed by atoms with Gasteiger partial charge in [-0.25, -0.2) is 9.97 Å². The fourth-order valence-electron chi connectivity index (χ4n) is 5.79. The first-order valence-corrected chi connectivity index (χ1v) is 23.5. The van der Waals surface area contributed by atoms with Gasteiger partial charge in [0.2, 0.25) is 0 Å². The van der Waals surface area contributed by atoms with Crippen LogP contribution in [0.25, 0.3) is 11.4 Å². The van der Waals surface area contributed by atoms with Gasteiger partial charge in [0.25, 0.3) is 0 Å². The second kappa shape index (κ2) is 19.5. The SMILES string of the molecule is CCCCCCCCCCOc1ccc(-c2ncc(OCCCCCCCC[Si](C)(C)C[Si](C)(C)C)cn2)cc1. The molecule has 0 N–H and O–H groups in total. The van der Waals surface area contributed by atoms with E-state index in [4.69, 9.17) is 9.47 Å². The molecule has 1 heterocycles. The fourth-order valence-corrected chi connectivity index (χ4v) is 19.2. The molecule has 0 saturated heterocycles. The molecule has 0 aliphatic heterocycles. The highest BCUT2D eigenvalue weighted by Crippen LogP contribution is 2.26. The molecule has 6 heteroatoms. The zero-order valence-corrected chi connectivity index (χ0v) is 28.9. The summed E-state index contributed by atoms with van der Waals surface area (Å²) in [6.07, 6.45) is 21.9. The zero-order valence-electron chi connectivity index (χ0n) is 26.9. The van der Waals surface area contributed by atoms with Crippen LogP contribution in [-0.2, 0) is 0 Å². The smallest absolute Gasteiger partial charge is 0.159 e. The van der Waals surface area contributed by atoms with Crippen molar-refractivity contribution in [2.24, 2.45) is 0 Å². The van der Waals surface area contributed by atoms with Crippen molar-refractivity contribution in [3.05, 3.63) is 36.7 Å². The van der Waals surface area contributed by atoms with Crippen LogP contribution in [0.1, 0.15) is 96.8 Å². The van der Waals surface area contributed by atoms with Gasteiger partial charge in [0.15, 0.2) is 11.6 Å². The Labute approximate surface area is 249 Å². The summed E-state index contributed by atoms with van der Waals surface area (Å²) in [7, 11) is -1.89. The summed E-state index contributed by atoms with van der Waals surface area (Å²) < 4.78 is 11.8. The van der Waals surface area contributed by atoms with Gasteiger partial charge >= 0.3 is 0 Å². The molecule has 0 aliphatic rings. The van der Waals surface area contributed by atoms with Crippen molar-refractivity contribution in [1.29, 1.82) is 0 Å². The summed E-state index contributed by atoms with van der Waals surface area (Å²) in [6.45, 7) is 16.6. The number of aromatic nitrogens is 2. The lowest BCUT2D eigenvalue weighted by Gasteiger charge is -2.29. The van der Waals surface area contributed by atoms with Crippen molar-refractivity contribution in [3.8, 4) is 22.9 Å². The van der Waals surface area contributed by atoms with Crippen LogP contribution in [-0.4, -0.2) is 39.3 Å². The average molecular weight is 585 g/mol. The van der Waals surface area contributed by atoms with Crippen molar-refractivity contribution in [1.82, 2.24) is 9.97 Å². The third kappa shape index (κ3) is 16.6. The van der Waals surface area contributed by atoms with Crippen LogP contribution in [0.2, 0.25) is 44.4 Å². The van der Waals surface area contributed by atoms with Crippen LogP contribution in [0.3, 0.4) is 0 Å². The van der Waals surface area contributed by atoms with Crippen LogP contribution in [0, 0.1) is 0 Å². The van der Waals surface area contributed by atoms with Gasteiger partial charge in [-0.05, 0) is 37.1 Å². The molecule has 0 atom stereocenters. The highest BCUT2D eigenvalue weighted by Gasteiger charge is 2.27. The lowest BCUT2D eigenvalue weighted by molar-refractivity contribution is 0.302. The van der Waals surface area contributed by atoms with Crippen molar-refractivity contribution in [2.45, 2.75) is 141 Å². The van der Waals surface area contributed by atoms with E-state index >= 15 is 0 Å². The van der Waals surface area contributed by atoms with E-state index in [1.165, 1.54) is 83.1 Å². The molecule has 0 bridgehead atoms. The van der Waals surface area contributed by atoms with Crippen LogP contribution in [0.5, 0.6) is 11.5 Å².